The molecule has 15 heavy (non-hydrogen) atoms. The number of aliphatic hydroxyl groups is 1. The normalized spacial score (nSPS) is 12.5. The summed E-state index contributed by atoms with van der Waals surface area (Å²) in [6.07, 6.45) is 1.26. The summed E-state index contributed by atoms with van der Waals surface area (Å²) in [6, 6.07) is 4.44. The average molecular weight is 213 g/mol. The number of benzene rings is 1. The van der Waals surface area contributed by atoms with Crippen LogP contribution < -0.4 is 10.5 Å². The molecule has 1 atom stereocenters. The SMILES string of the molecule is COc1ccc([C@H](N)CCCO)cc1F. The molecule has 0 heterocycles. The predicted molar refractivity (Wildman–Crippen MR) is 56.2 cm³/mol. The smallest absolute Gasteiger partial charge is 0.165 e. The van der Waals surface area contributed by atoms with Gasteiger partial charge in [0.05, 0.1) is 7.11 Å². The van der Waals surface area contributed by atoms with Crippen molar-refractivity contribution in [2.24, 2.45) is 5.73 Å². The maximum absolute atomic E-state index is 13.3. The van der Waals surface area contributed by atoms with E-state index in [0.717, 1.165) is 5.56 Å². The Balaban J connectivity index is 2.73. The number of aliphatic hydroxyl groups excluding tert-OH is 1. The molecule has 0 aliphatic carbocycles. The van der Waals surface area contributed by atoms with E-state index in [1.165, 1.54) is 13.2 Å². The second-order valence-corrected chi connectivity index (χ2v) is 3.37. The molecule has 1 rings (SSSR count). The first-order chi connectivity index (χ1) is 7.19. The van der Waals surface area contributed by atoms with Crippen molar-refractivity contribution in [3.63, 3.8) is 0 Å². The third-order valence-corrected chi connectivity index (χ3v) is 2.28. The number of ether oxygens (including phenoxy) is 1. The number of methoxy groups -OCH3 is 1. The molecule has 0 aliphatic rings. The van der Waals surface area contributed by atoms with E-state index in [2.05, 4.69) is 0 Å². The molecule has 0 radical (unpaired) electrons. The largest absolute Gasteiger partial charge is 0.494 e. The van der Waals surface area contributed by atoms with Gasteiger partial charge in [0.1, 0.15) is 0 Å². The molecule has 4 heteroatoms. The maximum atomic E-state index is 13.3. The maximum Gasteiger partial charge on any atom is 0.165 e. The molecule has 1 aromatic carbocycles. The molecular formula is C11H16FNO2. The van der Waals surface area contributed by atoms with E-state index in [0.29, 0.717) is 12.8 Å². The Kier molecular flexibility index (Phi) is 4.52. The third kappa shape index (κ3) is 3.18. The molecule has 0 aromatic heterocycles. The number of rotatable bonds is 5. The number of hydrogen-bond acceptors (Lipinski definition) is 3. The minimum absolute atomic E-state index is 0.104. The van der Waals surface area contributed by atoms with Gasteiger partial charge in [0.15, 0.2) is 11.6 Å². The lowest BCUT2D eigenvalue weighted by Gasteiger charge is -2.12. The van der Waals surface area contributed by atoms with E-state index in [1.54, 1.807) is 12.1 Å². The van der Waals surface area contributed by atoms with Crippen molar-refractivity contribution in [1.29, 1.82) is 0 Å². The molecule has 0 bridgehead atoms. The first kappa shape index (κ1) is 11.9. The van der Waals surface area contributed by atoms with Crippen LogP contribution in [0, 0.1) is 5.82 Å². The van der Waals surface area contributed by atoms with E-state index in [-0.39, 0.29) is 18.4 Å². The molecule has 0 spiro atoms. The molecule has 0 amide bonds. The molecule has 0 aliphatic heterocycles. The topological polar surface area (TPSA) is 55.5 Å². The highest BCUT2D eigenvalue weighted by atomic mass is 19.1. The van der Waals surface area contributed by atoms with E-state index in [4.69, 9.17) is 15.6 Å². The lowest BCUT2D eigenvalue weighted by Crippen LogP contribution is -2.11. The van der Waals surface area contributed by atoms with Crippen molar-refractivity contribution >= 4 is 0 Å². The Morgan fingerprint density at radius 3 is 2.80 bits per heavy atom. The fourth-order valence-corrected chi connectivity index (χ4v) is 1.39. The number of halogens is 1. The molecule has 0 fully saturated rings. The van der Waals surface area contributed by atoms with Crippen molar-refractivity contribution in [3.8, 4) is 5.75 Å². The predicted octanol–water partition coefficient (Wildman–Crippen LogP) is 1.61. The van der Waals surface area contributed by atoms with Crippen LogP contribution >= 0.6 is 0 Å². The first-order valence-corrected chi connectivity index (χ1v) is 4.89. The van der Waals surface area contributed by atoms with Crippen molar-refractivity contribution in [1.82, 2.24) is 0 Å². The summed E-state index contributed by atoms with van der Waals surface area (Å²) in [5.74, 6) is -0.192. The van der Waals surface area contributed by atoms with Crippen LogP contribution in [0.1, 0.15) is 24.4 Å². The Morgan fingerprint density at radius 1 is 1.53 bits per heavy atom. The Bertz CT molecular complexity index is 317. The van der Waals surface area contributed by atoms with Crippen LogP contribution in [0.4, 0.5) is 4.39 Å². The second-order valence-electron chi connectivity index (χ2n) is 3.37. The fraction of sp³-hybridized carbons (Fsp3) is 0.455. The van der Waals surface area contributed by atoms with Crippen LogP contribution in [-0.4, -0.2) is 18.8 Å². The molecule has 3 N–H and O–H groups in total. The zero-order valence-corrected chi connectivity index (χ0v) is 8.74. The lowest BCUT2D eigenvalue weighted by molar-refractivity contribution is 0.280. The van der Waals surface area contributed by atoms with Gasteiger partial charge in [-0.1, -0.05) is 6.07 Å². The quantitative estimate of drug-likeness (QED) is 0.781. The highest BCUT2D eigenvalue weighted by Crippen LogP contribution is 2.22. The Labute approximate surface area is 88.7 Å². The molecule has 0 unspecified atom stereocenters. The van der Waals surface area contributed by atoms with E-state index < -0.39 is 5.82 Å². The van der Waals surface area contributed by atoms with E-state index in [1.807, 2.05) is 0 Å². The fourth-order valence-electron chi connectivity index (χ4n) is 1.39. The van der Waals surface area contributed by atoms with Crippen LogP contribution in [0.5, 0.6) is 5.75 Å². The van der Waals surface area contributed by atoms with Crippen molar-refractivity contribution in [3.05, 3.63) is 29.6 Å². The molecule has 0 saturated carbocycles. The summed E-state index contributed by atoms with van der Waals surface area (Å²) in [6.45, 7) is 0.104. The number of nitrogens with two attached hydrogens (primary N) is 1. The Morgan fingerprint density at radius 2 is 2.27 bits per heavy atom. The van der Waals surface area contributed by atoms with Crippen LogP contribution in [0.15, 0.2) is 18.2 Å². The summed E-state index contributed by atoms with van der Waals surface area (Å²) in [7, 11) is 1.42. The van der Waals surface area contributed by atoms with Gasteiger partial charge in [-0.3, -0.25) is 0 Å². The zero-order valence-electron chi connectivity index (χ0n) is 8.74. The van der Waals surface area contributed by atoms with E-state index >= 15 is 0 Å². The monoisotopic (exact) mass is 213 g/mol. The van der Waals surface area contributed by atoms with Gasteiger partial charge in [-0.15, -0.1) is 0 Å². The highest BCUT2D eigenvalue weighted by Gasteiger charge is 2.09. The van der Waals surface area contributed by atoms with Gasteiger partial charge in [0.2, 0.25) is 0 Å². The van der Waals surface area contributed by atoms with Gasteiger partial charge < -0.3 is 15.6 Å². The second kappa shape index (κ2) is 5.68. The minimum atomic E-state index is -0.408. The van der Waals surface area contributed by atoms with E-state index in [9.17, 15) is 4.39 Å². The zero-order chi connectivity index (χ0) is 11.3. The minimum Gasteiger partial charge on any atom is -0.494 e. The standard InChI is InChI=1S/C11H16FNO2/c1-15-11-5-4-8(7-9(11)12)10(13)3-2-6-14/h4-5,7,10,14H,2-3,6,13H2,1H3/t10-/m1/s1. The summed E-state index contributed by atoms with van der Waals surface area (Å²) in [5, 5.41) is 8.65. The third-order valence-electron chi connectivity index (χ3n) is 2.28. The summed E-state index contributed by atoms with van der Waals surface area (Å²) < 4.78 is 18.1. The molecular weight excluding hydrogens is 197 g/mol. The van der Waals surface area contributed by atoms with Gasteiger partial charge in [-0.05, 0) is 30.5 Å². The van der Waals surface area contributed by atoms with Crippen molar-refractivity contribution in [2.75, 3.05) is 13.7 Å². The number of hydrogen-bond donors (Lipinski definition) is 2. The van der Waals surface area contributed by atoms with Crippen LogP contribution in [0.3, 0.4) is 0 Å². The summed E-state index contributed by atoms with van der Waals surface area (Å²) in [5.41, 5.74) is 6.55. The summed E-state index contributed by atoms with van der Waals surface area (Å²) >= 11 is 0. The summed E-state index contributed by atoms with van der Waals surface area (Å²) in [4.78, 5) is 0. The van der Waals surface area contributed by atoms with Gasteiger partial charge in [-0.25, -0.2) is 4.39 Å². The molecule has 84 valence electrons. The van der Waals surface area contributed by atoms with Gasteiger partial charge in [-0.2, -0.15) is 0 Å². The van der Waals surface area contributed by atoms with Crippen molar-refractivity contribution in [2.45, 2.75) is 18.9 Å². The molecule has 1 aromatic rings. The Hall–Kier alpha value is -1.13. The van der Waals surface area contributed by atoms with Crippen molar-refractivity contribution < 1.29 is 14.2 Å². The van der Waals surface area contributed by atoms with Gasteiger partial charge >= 0.3 is 0 Å². The van der Waals surface area contributed by atoms with Crippen LogP contribution in [-0.2, 0) is 0 Å². The van der Waals surface area contributed by atoms with Gasteiger partial charge in [0.25, 0.3) is 0 Å². The van der Waals surface area contributed by atoms with Crippen LogP contribution in [0.25, 0.3) is 0 Å². The average Bonchev–Trinajstić information content (AvgIpc) is 2.25. The first-order valence-electron chi connectivity index (χ1n) is 4.89. The lowest BCUT2D eigenvalue weighted by atomic mass is 10.0. The molecule has 0 saturated heterocycles. The highest BCUT2D eigenvalue weighted by molar-refractivity contribution is 5.30. The van der Waals surface area contributed by atoms with Gasteiger partial charge in [0, 0.05) is 12.6 Å². The molecule has 3 nitrogen and oxygen atoms in total. The van der Waals surface area contributed by atoms with Crippen LogP contribution in [0.2, 0.25) is 0 Å².